The predicted octanol–water partition coefficient (Wildman–Crippen LogP) is 3.20. The highest BCUT2D eigenvalue weighted by Crippen LogP contribution is 2.64. The van der Waals surface area contributed by atoms with Crippen LogP contribution in [0.4, 0.5) is 0 Å². The molecule has 136 valence electrons. The molecule has 0 bridgehead atoms. The topological polar surface area (TPSA) is 63.2 Å². The maximum Gasteiger partial charge on any atom is 0.217 e. The van der Waals surface area contributed by atoms with E-state index in [9.17, 15) is 14.4 Å². The Kier molecular flexibility index (Phi) is 3.75. The van der Waals surface area contributed by atoms with E-state index in [4.69, 9.17) is 0 Å². The Morgan fingerprint density at radius 1 is 1.12 bits per heavy atom. The maximum atomic E-state index is 12.7. The van der Waals surface area contributed by atoms with E-state index in [1.165, 1.54) is 12.5 Å². The molecule has 3 saturated carbocycles. The van der Waals surface area contributed by atoms with E-state index >= 15 is 0 Å². The summed E-state index contributed by atoms with van der Waals surface area (Å²) in [5, 5.41) is 2.95. The van der Waals surface area contributed by atoms with Crippen LogP contribution in [0.15, 0.2) is 11.6 Å². The van der Waals surface area contributed by atoms with Crippen molar-refractivity contribution in [1.82, 2.24) is 5.32 Å². The second-order valence-electron chi connectivity index (χ2n) is 9.32. The SMILES string of the molecule is CC(=O)N[C@@H]1C(=O)C[C@@H]2[C@@H]3CCC4=CC(=O)CC[C@]4(C)[C@H]3CC[C@]12C. The number of hydrogen-bond acceptors (Lipinski definition) is 3. The van der Waals surface area contributed by atoms with Crippen molar-refractivity contribution in [3.63, 3.8) is 0 Å². The zero-order valence-corrected chi connectivity index (χ0v) is 15.6. The van der Waals surface area contributed by atoms with E-state index in [0.717, 1.165) is 32.1 Å². The highest BCUT2D eigenvalue weighted by atomic mass is 16.2. The van der Waals surface area contributed by atoms with E-state index in [1.807, 2.05) is 6.08 Å². The molecule has 1 amide bonds. The molecule has 1 N–H and O–H groups in total. The summed E-state index contributed by atoms with van der Waals surface area (Å²) < 4.78 is 0. The van der Waals surface area contributed by atoms with E-state index < -0.39 is 0 Å². The summed E-state index contributed by atoms with van der Waals surface area (Å²) in [6.45, 7) is 6.08. The molecule has 4 rings (SSSR count). The van der Waals surface area contributed by atoms with Crippen LogP contribution in [-0.4, -0.2) is 23.5 Å². The number of nitrogens with one attached hydrogen (secondary N) is 1. The van der Waals surface area contributed by atoms with Gasteiger partial charge in [0.15, 0.2) is 11.6 Å². The molecule has 0 spiro atoms. The van der Waals surface area contributed by atoms with Crippen LogP contribution in [0.25, 0.3) is 0 Å². The minimum Gasteiger partial charge on any atom is -0.346 e. The summed E-state index contributed by atoms with van der Waals surface area (Å²) >= 11 is 0. The van der Waals surface area contributed by atoms with Gasteiger partial charge in [-0.1, -0.05) is 19.4 Å². The lowest BCUT2D eigenvalue weighted by atomic mass is 9.47. The second-order valence-corrected chi connectivity index (χ2v) is 9.32. The van der Waals surface area contributed by atoms with Gasteiger partial charge in [-0.25, -0.2) is 0 Å². The molecule has 0 aromatic rings. The average Bonchev–Trinajstić information content (AvgIpc) is 2.79. The van der Waals surface area contributed by atoms with Gasteiger partial charge in [-0.3, -0.25) is 14.4 Å². The Morgan fingerprint density at radius 3 is 2.60 bits per heavy atom. The number of carbonyl (C=O) groups excluding carboxylic acids is 3. The molecule has 0 unspecified atom stereocenters. The third-order valence-electron chi connectivity index (χ3n) is 8.15. The molecule has 0 heterocycles. The molecule has 25 heavy (non-hydrogen) atoms. The van der Waals surface area contributed by atoms with Gasteiger partial charge >= 0.3 is 0 Å². The number of rotatable bonds is 1. The molecule has 0 saturated heterocycles. The molecule has 4 heteroatoms. The van der Waals surface area contributed by atoms with Gasteiger partial charge in [0.1, 0.15) is 0 Å². The van der Waals surface area contributed by atoms with Gasteiger partial charge in [0.25, 0.3) is 0 Å². The number of allylic oxidation sites excluding steroid dienone is 1. The third kappa shape index (κ3) is 2.36. The molecule has 3 fully saturated rings. The molecule has 0 radical (unpaired) electrons. The molecule has 0 aliphatic heterocycles. The van der Waals surface area contributed by atoms with Crippen LogP contribution in [-0.2, 0) is 14.4 Å². The van der Waals surface area contributed by atoms with E-state index in [1.54, 1.807) is 0 Å². The summed E-state index contributed by atoms with van der Waals surface area (Å²) in [7, 11) is 0. The monoisotopic (exact) mass is 343 g/mol. The fourth-order valence-electron chi connectivity index (χ4n) is 6.80. The van der Waals surface area contributed by atoms with Crippen molar-refractivity contribution in [2.45, 2.75) is 71.8 Å². The largest absolute Gasteiger partial charge is 0.346 e. The Morgan fingerprint density at radius 2 is 1.88 bits per heavy atom. The quantitative estimate of drug-likeness (QED) is 0.795. The van der Waals surface area contributed by atoms with Gasteiger partial charge in [-0.2, -0.15) is 0 Å². The molecule has 4 aliphatic rings. The summed E-state index contributed by atoms with van der Waals surface area (Å²) in [5.74, 6) is 1.88. The highest BCUT2D eigenvalue weighted by Gasteiger charge is 2.61. The number of amides is 1. The van der Waals surface area contributed by atoms with E-state index in [2.05, 4.69) is 19.2 Å². The van der Waals surface area contributed by atoms with Crippen LogP contribution >= 0.6 is 0 Å². The van der Waals surface area contributed by atoms with Crippen molar-refractivity contribution in [2.75, 3.05) is 0 Å². The van der Waals surface area contributed by atoms with Gasteiger partial charge in [0.2, 0.25) is 5.91 Å². The van der Waals surface area contributed by atoms with Crippen LogP contribution in [0.1, 0.15) is 65.7 Å². The molecule has 0 aromatic carbocycles. The maximum absolute atomic E-state index is 12.7. The first-order chi connectivity index (χ1) is 11.8. The fourth-order valence-corrected chi connectivity index (χ4v) is 6.80. The van der Waals surface area contributed by atoms with Crippen molar-refractivity contribution < 1.29 is 14.4 Å². The lowest BCUT2D eigenvalue weighted by molar-refractivity contribution is -0.127. The zero-order valence-electron chi connectivity index (χ0n) is 15.6. The Bertz CT molecular complexity index is 681. The minimum absolute atomic E-state index is 0.103. The van der Waals surface area contributed by atoms with Crippen LogP contribution in [0.2, 0.25) is 0 Å². The van der Waals surface area contributed by atoms with Crippen molar-refractivity contribution in [3.05, 3.63) is 11.6 Å². The number of hydrogen-bond donors (Lipinski definition) is 1. The number of carbonyl (C=O) groups is 3. The molecular formula is C21H29NO3. The number of ketones is 2. The first-order valence-electron chi connectivity index (χ1n) is 9.79. The highest BCUT2D eigenvalue weighted by molar-refractivity contribution is 5.92. The Balaban J connectivity index is 1.66. The van der Waals surface area contributed by atoms with Crippen LogP contribution in [0.3, 0.4) is 0 Å². The van der Waals surface area contributed by atoms with Crippen molar-refractivity contribution in [2.24, 2.45) is 28.6 Å². The standard InChI is InChI=1S/C21H29NO3/c1-12(23)22-19-18(25)11-17-15-5-4-13-10-14(24)6-8-20(13,2)16(15)7-9-21(17,19)3/h10,15-17,19H,4-9,11H2,1-3H3,(H,22,23)/t15-,16+,17-,19-,20+,21+/m1/s1. The van der Waals surface area contributed by atoms with Gasteiger partial charge in [-0.05, 0) is 66.8 Å². The van der Waals surface area contributed by atoms with E-state index in [0.29, 0.717) is 30.6 Å². The van der Waals surface area contributed by atoms with Crippen molar-refractivity contribution >= 4 is 17.5 Å². The second kappa shape index (κ2) is 5.52. The van der Waals surface area contributed by atoms with Crippen LogP contribution in [0.5, 0.6) is 0 Å². The van der Waals surface area contributed by atoms with Crippen molar-refractivity contribution in [1.29, 1.82) is 0 Å². The van der Waals surface area contributed by atoms with Gasteiger partial charge in [0.05, 0.1) is 6.04 Å². The average molecular weight is 343 g/mol. The molecule has 4 aliphatic carbocycles. The number of Topliss-reactive ketones (excluding diaryl/α,β-unsaturated/α-hetero) is 1. The van der Waals surface area contributed by atoms with E-state index in [-0.39, 0.29) is 34.3 Å². The Hall–Kier alpha value is -1.45. The summed E-state index contributed by atoms with van der Waals surface area (Å²) in [6, 6.07) is -0.311. The lowest BCUT2D eigenvalue weighted by Gasteiger charge is -2.57. The van der Waals surface area contributed by atoms with Crippen LogP contribution < -0.4 is 5.32 Å². The fraction of sp³-hybridized carbons (Fsp3) is 0.762. The molecule has 6 atom stereocenters. The van der Waals surface area contributed by atoms with Crippen LogP contribution in [0, 0.1) is 28.6 Å². The first kappa shape index (κ1) is 17.0. The summed E-state index contributed by atoms with van der Waals surface area (Å²) in [4.78, 5) is 36.2. The Labute approximate surface area is 149 Å². The minimum atomic E-state index is -0.311. The predicted molar refractivity (Wildman–Crippen MR) is 94.7 cm³/mol. The zero-order chi connectivity index (χ0) is 18.0. The molecule has 4 nitrogen and oxygen atoms in total. The normalized spacial score (nSPS) is 46.0. The third-order valence-corrected chi connectivity index (χ3v) is 8.15. The smallest absolute Gasteiger partial charge is 0.217 e. The number of fused-ring (bicyclic) bond motifs is 5. The molecular weight excluding hydrogens is 314 g/mol. The van der Waals surface area contributed by atoms with Gasteiger partial charge in [-0.15, -0.1) is 0 Å². The molecule has 0 aromatic heterocycles. The van der Waals surface area contributed by atoms with Gasteiger partial charge < -0.3 is 5.32 Å². The summed E-state index contributed by atoms with van der Waals surface area (Å²) in [6.07, 6.45) is 8.33. The first-order valence-corrected chi connectivity index (χ1v) is 9.79. The van der Waals surface area contributed by atoms with Gasteiger partial charge in [0, 0.05) is 19.8 Å². The summed E-state index contributed by atoms with van der Waals surface area (Å²) in [5.41, 5.74) is 1.38. The van der Waals surface area contributed by atoms with Crippen molar-refractivity contribution in [3.8, 4) is 0 Å². The lowest BCUT2D eigenvalue weighted by Crippen LogP contribution is -2.54.